The monoisotopic (exact) mass is 206 g/mol. The Morgan fingerprint density at radius 3 is 2.46 bits per heavy atom. The molecule has 74 valence electrons. The van der Waals surface area contributed by atoms with Gasteiger partial charge in [-0.25, -0.2) is 12.7 Å². The van der Waals surface area contributed by atoms with Crippen LogP contribution in [0.25, 0.3) is 0 Å². The molecular weight excluding hydrogens is 195 g/mol. The zero-order valence-corrected chi connectivity index (χ0v) is 7.85. The molecule has 0 amide bonds. The van der Waals surface area contributed by atoms with Gasteiger partial charge >= 0.3 is 7.12 Å². The van der Waals surface area contributed by atoms with Crippen molar-refractivity contribution in [2.75, 3.05) is 13.0 Å². The summed E-state index contributed by atoms with van der Waals surface area (Å²) in [5.41, 5.74) is 0. The second-order valence-electron chi connectivity index (χ2n) is 2.39. The van der Waals surface area contributed by atoms with Crippen LogP contribution in [-0.4, -0.2) is 42.9 Å². The first-order valence-electron chi connectivity index (χ1n) is 3.70. The summed E-state index contributed by atoms with van der Waals surface area (Å²) in [6, 6.07) is 1.87. The Balaban J connectivity index is 3.90. The van der Waals surface area contributed by atoms with Crippen LogP contribution in [0.15, 0.2) is 0 Å². The van der Waals surface area contributed by atoms with E-state index < -0.39 is 18.0 Å². The van der Waals surface area contributed by atoms with Crippen LogP contribution < -0.4 is 0 Å². The van der Waals surface area contributed by atoms with E-state index in [1.807, 2.05) is 6.07 Å². The Morgan fingerprint density at radius 1 is 1.46 bits per heavy atom. The molecule has 2 N–H and O–H groups in total. The first-order chi connectivity index (χ1) is 6.07. The normalized spacial score (nSPS) is 10.4. The van der Waals surface area contributed by atoms with Crippen LogP contribution in [0, 0.1) is 11.3 Å². The Morgan fingerprint density at radius 2 is 2.08 bits per heavy atom. The van der Waals surface area contributed by atoms with Crippen LogP contribution in [0.2, 0.25) is 0 Å². The van der Waals surface area contributed by atoms with E-state index in [4.69, 9.17) is 15.3 Å². The van der Waals surface area contributed by atoms with Crippen LogP contribution in [0.3, 0.4) is 0 Å². The number of hydrogen-bond acceptors (Lipinski definition) is 5. The van der Waals surface area contributed by atoms with E-state index in [2.05, 4.69) is 0 Å². The molecule has 0 radical (unpaired) electrons. The number of nitriles is 1. The van der Waals surface area contributed by atoms with Gasteiger partial charge < -0.3 is 10.0 Å². The molecule has 0 aromatic rings. The lowest BCUT2D eigenvalue weighted by Gasteiger charge is -2.12. The molecule has 0 saturated carbocycles. The van der Waals surface area contributed by atoms with Crippen LogP contribution >= 0.6 is 0 Å². The van der Waals surface area contributed by atoms with Crippen molar-refractivity contribution in [3.63, 3.8) is 0 Å². The topological polar surface area (TPSA) is 102 Å². The van der Waals surface area contributed by atoms with Crippen molar-refractivity contribution in [2.24, 2.45) is 0 Å². The second-order valence-corrected chi connectivity index (χ2v) is 3.43. The summed E-state index contributed by atoms with van der Waals surface area (Å²) in [6.45, 7) is 0.143. The van der Waals surface area contributed by atoms with E-state index in [0.717, 1.165) is 4.31 Å². The zero-order chi connectivity index (χ0) is 10.3. The lowest BCUT2D eigenvalue weighted by atomic mass is 9.92. The molecule has 0 heterocycles. The number of unbranched alkanes of at least 4 members (excludes halogenated alkanes) is 1. The van der Waals surface area contributed by atoms with Gasteiger partial charge in [-0.2, -0.15) is 5.26 Å². The van der Waals surface area contributed by atoms with Crippen molar-refractivity contribution in [2.45, 2.75) is 12.8 Å². The SMILES string of the molecule is N#CCCCN(CB(O)O)[SH](=O)=O. The molecule has 0 spiro atoms. The molecule has 0 aromatic heterocycles. The molecule has 0 fully saturated rings. The number of nitrogens with zero attached hydrogens (tertiary/aromatic N) is 2. The maximum absolute atomic E-state index is 10.5. The molecule has 0 aliphatic carbocycles. The fourth-order valence-corrected chi connectivity index (χ4v) is 1.35. The summed E-state index contributed by atoms with van der Waals surface area (Å²) in [7, 11) is -4.48. The van der Waals surface area contributed by atoms with Crippen LogP contribution in [0.4, 0.5) is 0 Å². The maximum atomic E-state index is 10.5. The van der Waals surface area contributed by atoms with Gasteiger partial charge in [-0.1, -0.05) is 0 Å². The molecular formula is C5H11BN2O4S. The van der Waals surface area contributed by atoms with Gasteiger partial charge in [0.1, 0.15) is 0 Å². The van der Waals surface area contributed by atoms with Crippen molar-refractivity contribution in [3.05, 3.63) is 0 Å². The molecule has 0 atom stereocenters. The first-order valence-corrected chi connectivity index (χ1v) is 4.83. The summed E-state index contributed by atoms with van der Waals surface area (Å²) in [5.74, 6) is 0. The van der Waals surface area contributed by atoms with Gasteiger partial charge in [-0.15, -0.1) is 0 Å². The Bertz CT molecular complexity index is 241. The standard InChI is InChI=1S/C5H11BN2O4S/c7-3-1-2-4-8(13(11)12)5-6(9)10/h9-10,13H,1-2,4-5H2. The van der Waals surface area contributed by atoms with E-state index in [0.29, 0.717) is 6.42 Å². The van der Waals surface area contributed by atoms with E-state index in [-0.39, 0.29) is 19.4 Å². The largest absolute Gasteiger partial charge is 0.467 e. The van der Waals surface area contributed by atoms with Gasteiger partial charge in [-0.3, -0.25) is 0 Å². The van der Waals surface area contributed by atoms with Gasteiger partial charge in [0, 0.05) is 19.4 Å². The molecule has 0 saturated heterocycles. The Labute approximate surface area is 78.6 Å². The minimum absolute atomic E-state index is 0.143. The summed E-state index contributed by atoms with van der Waals surface area (Å²) >= 11 is 0. The van der Waals surface area contributed by atoms with Crippen molar-refractivity contribution < 1.29 is 18.5 Å². The van der Waals surface area contributed by atoms with Crippen LogP contribution in [0.5, 0.6) is 0 Å². The second kappa shape index (κ2) is 6.85. The van der Waals surface area contributed by atoms with Gasteiger partial charge in [0.25, 0.3) is 0 Å². The summed E-state index contributed by atoms with van der Waals surface area (Å²) in [5, 5.41) is 25.2. The first kappa shape index (κ1) is 12.4. The fourth-order valence-electron chi connectivity index (χ4n) is 0.769. The van der Waals surface area contributed by atoms with Crippen LogP contribution in [-0.2, 0) is 10.9 Å². The molecule has 13 heavy (non-hydrogen) atoms. The highest BCUT2D eigenvalue weighted by atomic mass is 32.2. The Kier molecular flexibility index (Phi) is 6.53. The number of rotatable bonds is 6. The minimum Gasteiger partial charge on any atom is -0.426 e. The molecule has 0 bridgehead atoms. The maximum Gasteiger partial charge on any atom is 0.467 e. The predicted octanol–water partition coefficient (Wildman–Crippen LogP) is -1.87. The van der Waals surface area contributed by atoms with Crippen molar-refractivity contribution in [1.82, 2.24) is 4.31 Å². The quantitative estimate of drug-likeness (QED) is 0.268. The third kappa shape index (κ3) is 6.54. The van der Waals surface area contributed by atoms with Crippen LogP contribution in [0.1, 0.15) is 12.8 Å². The lowest BCUT2D eigenvalue weighted by molar-refractivity contribution is 0.363. The van der Waals surface area contributed by atoms with E-state index in [9.17, 15) is 8.42 Å². The third-order valence-corrected chi connectivity index (χ3v) is 2.13. The Hall–Kier alpha value is -0.615. The van der Waals surface area contributed by atoms with Gasteiger partial charge in [-0.05, 0) is 6.42 Å². The van der Waals surface area contributed by atoms with Crippen molar-refractivity contribution in [3.8, 4) is 6.07 Å². The predicted molar refractivity (Wildman–Crippen MR) is 46.9 cm³/mol. The third-order valence-electron chi connectivity index (χ3n) is 1.31. The highest BCUT2D eigenvalue weighted by Gasteiger charge is 2.15. The van der Waals surface area contributed by atoms with Crippen molar-refractivity contribution in [1.29, 1.82) is 5.26 Å². The fraction of sp³-hybridized carbons (Fsp3) is 0.800. The summed E-state index contributed by atoms with van der Waals surface area (Å²) < 4.78 is 21.9. The van der Waals surface area contributed by atoms with E-state index in [1.54, 1.807) is 0 Å². The smallest absolute Gasteiger partial charge is 0.426 e. The molecule has 6 nitrogen and oxygen atoms in total. The molecule has 0 unspecified atom stereocenters. The van der Waals surface area contributed by atoms with E-state index in [1.165, 1.54) is 0 Å². The highest BCUT2D eigenvalue weighted by Crippen LogP contribution is 1.94. The van der Waals surface area contributed by atoms with Crippen molar-refractivity contribution >= 4 is 18.0 Å². The average molecular weight is 206 g/mol. The van der Waals surface area contributed by atoms with Gasteiger partial charge in [0.2, 0.25) is 10.9 Å². The zero-order valence-electron chi connectivity index (χ0n) is 6.96. The van der Waals surface area contributed by atoms with E-state index >= 15 is 0 Å². The minimum atomic E-state index is -2.81. The molecule has 0 aromatic carbocycles. The molecule has 8 heteroatoms. The number of hydrogen-bond donors (Lipinski definition) is 3. The molecule has 0 aliphatic rings. The molecule has 0 rings (SSSR count). The summed E-state index contributed by atoms with van der Waals surface area (Å²) in [4.78, 5) is 0. The van der Waals surface area contributed by atoms with Gasteiger partial charge in [0.05, 0.1) is 6.07 Å². The highest BCUT2D eigenvalue weighted by molar-refractivity contribution is 7.69. The molecule has 0 aliphatic heterocycles. The van der Waals surface area contributed by atoms with Gasteiger partial charge in [0.15, 0.2) is 0 Å². The summed E-state index contributed by atoms with van der Waals surface area (Å²) in [6.07, 6.45) is 0.303. The number of thiol groups is 1. The lowest BCUT2D eigenvalue weighted by Crippen LogP contribution is -2.35. The average Bonchev–Trinajstić information content (AvgIpc) is 2.02.